The highest BCUT2D eigenvalue weighted by molar-refractivity contribution is 5.91. The van der Waals surface area contributed by atoms with Gasteiger partial charge in [0.05, 0.1) is 12.0 Å². The maximum atomic E-state index is 14.0. The van der Waals surface area contributed by atoms with Crippen LogP contribution < -0.4 is 10.1 Å². The molecule has 136 valence electrons. The van der Waals surface area contributed by atoms with Gasteiger partial charge in [-0.1, -0.05) is 18.2 Å². The van der Waals surface area contributed by atoms with Crippen molar-refractivity contribution < 1.29 is 28.2 Å². The monoisotopic (exact) mass is 361 g/mol. The average molecular weight is 361 g/mol. The van der Waals surface area contributed by atoms with E-state index in [1.165, 1.54) is 18.2 Å². The highest BCUT2D eigenvalue weighted by Crippen LogP contribution is 2.49. The van der Waals surface area contributed by atoms with Gasteiger partial charge in [0.1, 0.15) is 17.4 Å². The number of carbonyl (C=O) groups is 2. The van der Waals surface area contributed by atoms with E-state index < -0.39 is 35.0 Å². The van der Waals surface area contributed by atoms with Crippen molar-refractivity contribution >= 4 is 11.9 Å². The lowest BCUT2D eigenvalue weighted by atomic mass is 9.94. The van der Waals surface area contributed by atoms with Crippen LogP contribution in [0.4, 0.5) is 8.78 Å². The van der Waals surface area contributed by atoms with Crippen LogP contribution in [0.15, 0.2) is 48.5 Å². The Morgan fingerprint density at radius 3 is 2.35 bits per heavy atom. The molecule has 1 atom stereocenters. The fraction of sp³-hybridized carbons (Fsp3) is 0.263. The number of hydrogen-bond donors (Lipinski definition) is 2. The fourth-order valence-electron chi connectivity index (χ4n) is 2.80. The van der Waals surface area contributed by atoms with Gasteiger partial charge >= 0.3 is 5.97 Å². The second kappa shape index (κ2) is 7.11. The van der Waals surface area contributed by atoms with Gasteiger partial charge in [0.15, 0.2) is 0 Å². The number of ether oxygens (including phenoxy) is 1. The van der Waals surface area contributed by atoms with E-state index in [1.807, 2.05) is 0 Å². The number of carboxylic acid groups (broad SMARTS) is 1. The summed E-state index contributed by atoms with van der Waals surface area (Å²) in [5.74, 6) is -2.47. The van der Waals surface area contributed by atoms with E-state index in [9.17, 15) is 23.5 Å². The Morgan fingerprint density at radius 2 is 1.77 bits per heavy atom. The Kier molecular flexibility index (Phi) is 4.88. The summed E-state index contributed by atoms with van der Waals surface area (Å²) in [4.78, 5) is 23.9. The van der Waals surface area contributed by atoms with Gasteiger partial charge in [-0.2, -0.15) is 0 Å². The zero-order valence-corrected chi connectivity index (χ0v) is 13.7. The maximum Gasteiger partial charge on any atom is 0.346 e. The SMILES string of the molecule is O=C(O)C(CNC(=O)C1(c2ccccc2F)CC1)Oc1ccc(F)cc1. The molecule has 0 radical (unpaired) electrons. The molecular formula is C19H17F2NO4. The van der Waals surface area contributed by atoms with Gasteiger partial charge in [0.25, 0.3) is 0 Å². The number of carboxylic acids is 1. The molecule has 7 heteroatoms. The molecule has 2 aromatic carbocycles. The number of hydrogen-bond acceptors (Lipinski definition) is 3. The molecule has 26 heavy (non-hydrogen) atoms. The van der Waals surface area contributed by atoms with Crippen molar-refractivity contribution in [3.05, 3.63) is 65.7 Å². The summed E-state index contributed by atoms with van der Waals surface area (Å²) in [7, 11) is 0. The molecular weight excluding hydrogens is 344 g/mol. The van der Waals surface area contributed by atoms with Crippen LogP contribution in [0.2, 0.25) is 0 Å². The molecule has 3 rings (SSSR count). The highest BCUT2D eigenvalue weighted by atomic mass is 19.1. The van der Waals surface area contributed by atoms with Gasteiger partial charge in [-0.05, 0) is 43.2 Å². The summed E-state index contributed by atoms with van der Waals surface area (Å²) >= 11 is 0. The molecule has 1 aliphatic rings. The van der Waals surface area contributed by atoms with Crippen LogP contribution >= 0.6 is 0 Å². The molecule has 0 heterocycles. The largest absolute Gasteiger partial charge is 0.478 e. The van der Waals surface area contributed by atoms with Crippen LogP contribution in [0.25, 0.3) is 0 Å². The zero-order valence-electron chi connectivity index (χ0n) is 13.7. The van der Waals surface area contributed by atoms with Crippen molar-refractivity contribution in [2.24, 2.45) is 0 Å². The molecule has 1 amide bonds. The van der Waals surface area contributed by atoms with Gasteiger partial charge in [0.2, 0.25) is 12.0 Å². The molecule has 1 unspecified atom stereocenters. The molecule has 2 aromatic rings. The van der Waals surface area contributed by atoms with Crippen molar-refractivity contribution in [1.29, 1.82) is 0 Å². The van der Waals surface area contributed by atoms with Crippen molar-refractivity contribution in [2.75, 3.05) is 6.54 Å². The quantitative estimate of drug-likeness (QED) is 0.795. The highest BCUT2D eigenvalue weighted by Gasteiger charge is 2.52. The number of aliphatic carboxylic acids is 1. The van der Waals surface area contributed by atoms with E-state index in [1.54, 1.807) is 18.2 Å². The Morgan fingerprint density at radius 1 is 1.12 bits per heavy atom. The first-order chi connectivity index (χ1) is 12.4. The Balaban J connectivity index is 1.66. The zero-order chi connectivity index (χ0) is 18.7. The van der Waals surface area contributed by atoms with Crippen LogP contribution in [0.5, 0.6) is 5.75 Å². The lowest BCUT2D eigenvalue weighted by Crippen LogP contribution is -2.44. The third-order valence-electron chi connectivity index (χ3n) is 4.39. The van der Waals surface area contributed by atoms with E-state index in [0.717, 1.165) is 12.1 Å². The molecule has 1 fully saturated rings. The smallest absolute Gasteiger partial charge is 0.346 e. The van der Waals surface area contributed by atoms with E-state index in [0.29, 0.717) is 18.4 Å². The maximum absolute atomic E-state index is 14.0. The molecule has 0 saturated heterocycles. The summed E-state index contributed by atoms with van der Waals surface area (Å²) in [6.07, 6.45) is -0.354. The number of nitrogens with one attached hydrogen (secondary N) is 1. The first kappa shape index (κ1) is 17.8. The van der Waals surface area contributed by atoms with Crippen LogP contribution in [0.1, 0.15) is 18.4 Å². The number of rotatable bonds is 7. The molecule has 0 bridgehead atoms. The minimum Gasteiger partial charge on any atom is -0.478 e. The lowest BCUT2D eigenvalue weighted by Gasteiger charge is -2.19. The summed E-state index contributed by atoms with van der Waals surface area (Å²) in [6, 6.07) is 10.9. The van der Waals surface area contributed by atoms with Crippen molar-refractivity contribution in [3.63, 3.8) is 0 Å². The van der Waals surface area contributed by atoms with E-state index >= 15 is 0 Å². The van der Waals surface area contributed by atoms with E-state index in [4.69, 9.17) is 4.74 Å². The van der Waals surface area contributed by atoms with Crippen molar-refractivity contribution in [3.8, 4) is 5.75 Å². The van der Waals surface area contributed by atoms with Crippen LogP contribution in [-0.4, -0.2) is 29.6 Å². The van der Waals surface area contributed by atoms with Crippen LogP contribution in [0.3, 0.4) is 0 Å². The summed E-state index contributed by atoms with van der Waals surface area (Å²) in [5.41, 5.74) is -0.645. The van der Waals surface area contributed by atoms with Gasteiger partial charge in [0, 0.05) is 5.56 Å². The predicted octanol–water partition coefficient (Wildman–Crippen LogP) is 2.64. The van der Waals surface area contributed by atoms with Crippen molar-refractivity contribution in [2.45, 2.75) is 24.4 Å². The third kappa shape index (κ3) is 3.66. The number of amides is 1. The van der Waals surface area contributed by atoms with E-state index in [-0.39, 0.29) is 12.3 Å². The minimum absolute atomic E-state index is 0.170. The van der Waals surface area contributed by atoms with E-state index in [2.05, 4.69) is 5.32 Å². The van der Waals surface area contributed by atoms with Gasteiger partial charge in [-0.15, -0.1) is 0 Å². The second-order valence-electron chi connectivity index (χ2n) is 6.17. The number of halogens is 2. The fourth-order valence-corrected chi connectivity index (χ4v) is 2.80. The van der Waals surface area contributed by atoms with Gasteiger partial charge < -0.3 is 15.2 Å². The molecule has 2 N–H and O–H groups in total. The Labute approximate surface area is 148 Å². The van der Waals surface area contributed by atoms with Crippen molar-refractivity contribution in [1.82, 2.24) is 5.32 Å². The first-order valence-corrected chi connectivity index (χ1v) is 8.11. The van der Waals surface area contributed by atoms with Crippen LogP contribution in [-0.2, 0) is 15.0 Å². The summed E-state index contributed by atoms with van der Waals surface area (Å²) in [5, 5.41) is 11.8. The molecule has 1 aliphatic carbocycles. The summed E-state index contributed by atoms with van der Waals surface area (Å²) in [6.45, 7) is -0.290. The second-order valence-corrected chi connectivity index (χ2v) is 6.17. The Hall–Kier alpha value is -2.96. The average Bonchev–Trinajstić information content (AvgIpc) is 3.42. The Bertz CT molecular complexity index is 819. The normalized spacial score (nSPS) is 15.8. The summed E-state index contributed by atoms with van der Waals surface area (Å²) < 4.78 is 32.2. The topological polar surface area (TPSA) is 75.6 Å². The molecule has 0 aromatic heterocycles. The van der Waals surface area contributed by atoms with Crippen LogP contribution in [0, 0.1) is 11.6 Å². The predicted molar refractivity (Wildman–Crippen MR) is 88.8 cm³/mol. The molecule has 5 nitrogen and oxygen atoms in total. The lowest BCUT2D eigenvalue weighted by molar-refractivity contribution is -0.145. The molecule has 1 saturated carbocycles. The minimum atomic E-state index is -1.35. The number of carbonyl (C=O) groups excluding carboxylic acids is 1. The first-order valence-electron chi connectivity index (χ1n) is 8.11. The van der Waals surface area contributed by atoms with Gasteiger partial charge in [-0.3, -0.25) is 4.79 Å². The molecule has 0 aliphatic heterocycles. The third-order valence-corrected chi connectivity index (χ3v) is 4.39. The number of benzene rings is 2. The standard InChI is InChI=1S/C19H17F2NO4/c20-12-5-7-13(8-6-12)26-16(17(23)24)11-22-18(25)19(9-10-19)14-3-1-2-4-15(14)21/h1-8,16H,9-11H2,(H,22,25)(H,23,24). The molecule has 0 spiro atoms. The van der Waals surface area contributed by atoms with Gasteiger partial charge in [-0.25, -0.2) is 13.6 Å².